The van der Waals surface area contributed by atoms with Gasteiger partial charge in [0.05, 0.1) is 6.54 Å². The Morgan fingerprint density at radius 2 is 1.29 bits per heavy atom. The number of nitrogens with one attached hydrogen (secondary N) is 2. The minimum absolute atomic E-state index is 0.269. The SMILES string of the molecule is CC(C)C[C@H](N)C(=O)O.C[C@H](N)C(=O)Oc1ccccc1.NCC(=O)O.O=C(O)[C@@H]1CCCN1.O=C(O)[C@@H]1CCCN1. The van der Waals surface area contributed by atoms with E-state index in [1.165, 1.54) is 0 Å². The van der Waals surface area contributed by atoms with Crippen molar-refractivity contribution in [3.8, 4) is 5.75 Å². The van der Waals surface area contributed by atoms with Crippen LogP contribution in [-0.4, -0.2) is 94.1 Å². The van der Waals surface area contributed by atoms with Crippen LogP contribution in [0.5, 0.6) is 5.75 Å². The van der Waals surface area contributed by atoms with E-state index in [4.69, 9.17) is 36.6 Å². The quantitative estimate of drug-likeness (QED) is 0.141. The summed E-state index contributed by atoms with van der Waals surface area (Å²) in [4.78, 5) is 50.6. The Hall–Kier alpha value is -3.63. The van der Waals surface area contributed by atoms with E-state index in [-0.39, 0.29) is 18.6 Å². The summed E-state index contributed by atoms with van der Waals surface area (Å²) >= 11 is 0. The van der Waals surface area contributed by atoms with E-state index in [1.807, 2.05) is 19.9 Å². The van der Waals surface area contributed by atoms with Gasteiger partial charge in [-0.15, -0.1) is 0 Å². The number of carboxylic acid groups (broad SMARTS) is 4. The Labute approximate surface area is 245 Å². The van der Waals surface area contributed by atoms with Crippen molar-refractivity contribution in [1.29, 1.82) is 0 Å². The normalized spacial score (nSPS) is 18.1. The highest BCUT2D eigenvalue weighted by atomic mass is 16.5. The zero-order valence-corrected chi connectivity index (χ0v) is 24.4. The van der Waals surface area contributed by atoms with Gasteiger partial charge in [0.25, 0.3) is 0 Å². The molecule has 0 saturated carbocycles. The number of aliphatic carboxylic acids is 4. The van der Waals surface area contributed by atoms with E-state index in [0.717, 1.165) is 38.8 Å². The molecule has 2 aliphatic rings. The fourth-order valence-corrected chi connectivity index (χ4v) is 3.10. The topological polar surface area (TPSA) is 278 Å². The summed E-state index contributed by atoms with van der Waals surface area (Å²) in [6.45, 7) is 6.92. The molecule has 12 N–H and O–H groups in total. The van der Waals surface area contributed by atoms with Gasteiger partial charge in [0, 0.05) is 0 Å². The third-order valence-electron chi connectivity index (χ3n) is 5.27. The molecule has 3 rings (SSSR count). The van der Waals surface area contributed by atoms with Crippen LogP contribution in [0.1, 0.15) is 52.9 Å². The van der Waals surface area contributed by atoms with Crippen LogP contribution in [0.4, 0.5) is 0 Å². The average Bonchev–Trinajstić information content (AvgIpc) is 3.65. The van der Waals surface area contributed by atoms with E-state index in [1.54, 1.807) is 31.2 Å². The van der Waals surface area contributed by atoms with Gasteiger partial charge in [-0.3, -0.25) is 19.2 Å². The van der Waals surface area contributed by atoms with Gasteiger partial charge in [-0.25, -0.2) is 4.79 Å². The second-order valence-electron chi connectivity index (χ2n) is 9.67. The zero-order valence-electron chi connectivity index (χ0n) is 24.4. The van der Waals surface area contributed by atoms with Crippen molar-refractivity contribution < 1.29 is 49.1 Å². The summed E-state index contributed by atoms with van der Waals surface area (Å²) in [5.74, 6) is -2.85. The van der Waals surface area contributed by atoms with E-state index >= 15 is 0 Å². The predicted octanol–water partition coefficient (Wildman–Crippen LogP) is 0.0593. The molecule has 240 valence electrons. The van der Waals surface area contributed by atoms with E-state index in [9.17, 15) is 24.0 Å². The molecule has 2 aliphatic heterocycles. The molecule has 0 amide bonds. The number of carbonyl (C=O) groups is 5. The Kier molecular flexibility index (Phi) is 23.2. The molecule has 0 unspecified atom stereocenters. The number of hydrogen-bond donors (Lipinski definition) is 9. The largest absolute Gasteiger partial charge is 0.480 e. The molecule has 15 nitrogen and oxygen atoms in total. The second kappa shape index (κ2) is 24.0. The number of esters is 1. The number of carbonyl (C=O) groups excluding carboxylic acids is 1. The van der Waals surface area contributed by atoms with Crippen molar-refractivity contribution in [3.63, 3.8) is 0 Å². The van der Waals surface area contributed by atoms with Gasteiger partial charge in [-0.1, -0.05) is 32.0 Å². The second-order valence-corrected chi connectivity index (χ2v) is 9.67. The molecular weight excluding hydrogens is 554 g/mol. The highest BCUT2D eigenvalue weighted by Crippen LogP contribution is 2.08. The minimum Gasteiger partial charge on any atom is -0.480 e. The van der Waals surface area contributed by atoms with Crippen molar-refractivity contribution >= 4 is 29.8 Å². The lowest BCUT2D eigenvalue weighted by Crippen LogP contribution is -2.31. The molecule has 0 spiro atoms. The van der Waals surface area contributed by atoms with Crippen LogP contribution >= 0.6 is 0 Å². The number of carboxylic acids is 4. The summed E-state index contributed by atoms with van der Waals surface area (Å²) in [5.41, 5.74) is 15.1. The molecule has 0 radical (unpaired) electrons. The molecule has 0 bridgehead atoms. The fraction of sp³-hybridized carbons (Fsp3) is 0.593. The lowest BCUT2D eigenvalue weighted by Gasteiger charge is -2.07. The lowest BCUT2D eigenvalue weighted by atomic mass is 10.1. The molecule has 42 heavy (non-hydrogen) atoms. The van der Waals surface area contributed by atoms with Crippen LogP contribution in [0, 0.1) is 5.92 Å². The molecule has 2 heterocycles. The number of benzene rings is 1. The Bertz CT molecular complexity index is 893. The Morgan fingerprint density at radius 1 is 0.857 bits per heavy atom. The molecule has 0 aromatic heterocycles. The van der Waals surface area contributed by atoms with E-state index < -0.39 is 41.9 Å². The average molecular weight is 602 g/mol. The number of ether oxygens (including phenoxy) is 1. The first kappa shape index (κ1) is 40.5. The van der Waals surface area contributed by atoms with Crippen molar-refractivity contribution in [1.82, 2.24) is 10.6 Å². The highest BCUT2D eigenvalue weighted by Gasteiger charge is 2.20. The Morgan fingerprint density at radius 3 is 1.50 bits per heavy atom. The van der Waals surface area contributed by atoms with Gasteiger partial charge in [0.15, 0.2) is 0 Å². The maximum atomic E-state index is 11.0. The molecule has 1 aromatic carbocycles. The zero-order chi connectivity index (χ0) is 32.7. The van der Waals surface area contributed by atoms with Gasteiger partial charge in [-0.2, -0.15) is 0 Å². The molecule has 0 aliphatic carbocycles. The van der Waals surface area contributed by atoms with Gasteiger partial charge in [0.1, 0.15) is 29.9 Å². The third kappa shape index (κ3) is 23.1. The summed E-state index contributed by atoms with van der Waals surface area (Å²) in [5, 5.41) is 38.3. The van der Waals surface area contributed by atoms with Crippen molar-refractivity contribution in [3.05, 3.63) is 30.3 Å². The standard InChI is InChI=1S/C9H11NO2.C6H13NO2.2C5H9NO2.C2H5NO2/c1-7(10)9(11)12-8-5-3-2-4-6-8;1-4(2)3-5(7)6(8)9;2*7-5(8)4-2-1-3-6-4;3-1-2(4)5/h2-7H,10H2,1H3;4-5H,3,7H2,1-2H3,(H,8,9);2*4,6H,1-3H2,(H,7,8);1,3H2,(H,4,5)/t7-;5-;2*4-;/m0000./s1. The summed E-state index contributed by atoms with van der Waals surface area (Å²) in [7, 11) is 0. The minimum atomic E-state index is -0.968. The molecule has 2 saturated heterocycles. The van der Waals surface area contributed by atoms with Crippen LogP contribution in [0.3, 0.4) is 0 Å². The molecule has 15 heteroatoms. The number of nitrogens with two attached hydrogens (primary N) is 3. The number of hydrogen-bond acceptors (Lipinski definition) is 11. The van der Waals surface area contributed by atoms with E-state index in [2.05, 4.69) is 16.4 Å². The highest BCUT2D eigenvalue weighted by molar-refractivity contribution is 5.77. The molecule has 2 fully saturated rings. The van der Waals surface area contributed by atoms with Crippen LogP contribution < -0.4 is 32.6 Å². The van der Waals surface area contributed by atoms with Crippen LogP contribution in [0.25, 0.3) is 0 Å². The number of rotatable bonds is 8. The Balaban J connectivity index is 0. The van der Waals surface area contributed by atoms with Crippen molar-refractivity contribution in [2.45, 2.75) is 77.0 Å². The first-order valence-corrected chi connectivity index (χ1v) is 13.5. The van der Waals surface area contributed by atoms with E-state index in [0.29, 0.717) is 18.1 Å². The fourth-order valence-electron chi connectivity index (χ4n) is 3.10. The summed E-state index contributed by atoms with van der Waals surface area (Å²) in [6.07, 6.45) is 4.12. The van der Waals surface area contributed by atoms with Crippen LogP contribution in [0.2, 0.25) is 0 Å². The third-order valence-corrected chi connectivity index (χ3v) is 5.27. The van der Waals surface area contributed by atoms with Crippen LogP contribution in [0.15, 0.2) is 30.3 Å². The smallest absolute Gasteiger partial charge is 0.328 e. The summed E-state index contributed by atoms with van der Waals surface area (Å²) < 4.78 is 4.91. The van der Waals surface area contributed by atoms with Crippen LogP contribution in [-0.2, 0) is 24.0 Å². The van der Waals surface area contributed by atoms with Gasteiger partial charge in [-0.05, 0) is 70.2 Å². The molecular formula is C27H47N5O10. The first-order valence-electron chi connectivity index (χ1n) is 13.5. The van der Waals surface area contributed by atoms with Crippen molar-refractivity contribution in [2.75, 3.05) is 19.6 Å². The molecule has 4 atom stereocenters. The monoisotopic (exact) mass is 601 g/mol. The van der Waals surface area contributed by atoms with Gasteiger partial charge < -0.3 is 53.0 Å². The maximum absolute atomic E-state index is 11.0. The van der Waals surface area contributed by atoms with Gasteiger partial charge >= 0.3 is 29.8 Å². The van der Waals surface area contributed by atoms with Gasteiger partial charge in [0.2, 0.25) is 0 Å². The first-order chi connectivity index (χ1) is 19.6. The lowest BCUT2D eigenvalue weighted by molar-refractivity contribution is -0.140. The number of para-hydroxylation sites is 1. The predicted molar refractivity (Wildman–Crippen MR) is 155 cm³/mol. The summed E-state index contributed by atoms with van der Waals surface area (Å²) in [6, 6.07) is 7.05. The maximum Gasteiger partial charge on any atom is 0.328 e. The van der Waals surface area contributed by atoms with Crippen molar-refractivity contribution in [2.24, 2.45) is 23.1 Å². The molecule has 1 aromatic rings.